The van der Waals surface area contributed by atoms with Crippen molar-refractivity contribution in [3.8, 4) is 0 Å². The van der Waals surface area contributed by atoms with Gasteiger partial charge in [0.2, 0.25) is 0 Å². The smallest absolute Gasteiger partial charge is 0.0564 e. The second-order valence-corrected chi connectivity index (χ2v) is 6.95. The number of likely N-dealkylation sites (tertiary alicyclic amines) is 1. The molecule has 4 heteroatoms. The molecule has 3 rings (SSSR count). The van der Waals surface area contributed by atoms with Gasteiger partial charge in [0.25, 0.3) is 0 Å². The molecule has 1 saturated heterocycles. The summed E-state index contributed by atoms with van der Waals surface area (Å²) in [4.78, 5) is 2.43. The summed E-state index contributed by atoms with van der Waals surface area (Å²) in [6, 6.07) is 16.6. The summed E-state index contributed by atoms with van der Waals surface area (Å²) in [5, 5.41) is 13.9. The molecule has 0 radical (unpaired) electrons. The molecule has 0 aromatic heterocycles. The van der Waals surface area contributed by atoms with E-state index in [1.54, 1.807) is 0 Å². The van der Waals surface area contributed by atoms with Gasteiger partial charge in [-0.3, -0.25) is 4.90 Å². The summed E-state index contributed by atoms with van der Waals surface area (Å²) in [5.74, 6) is 0. The molecular weight excluding hydrogens is 320 g/mol. The van der Waals surface area contributed by atoms with Crippen molar-refractivity contribution in [3.63, 3.8) is 0 Å². The molecule has 0 amide bonds. The topological polar surface area (TPSA) is 35.5 Å². The van der Waals surface area contributed by atoms with E-state index in [4.69, 9.17) is 11.6 Å². The Kier molecular flexibility index (Phi) is 6.27. The van der Waals surface area contributed by atoms with Crippen LogP contribution in [-0.2, 0) is 19.6 Å². The second-order valence-electron chi connectivity index (χ2n) is 6.51. The van der Waals surface area contributed by atoms with Crippen molar-refractivity contribution in [1.82, 2.24) is 10.2 Å². The van der Waals surface area contributed by atoms with Crippen LogP contribution in [0.1, 0.15) is 29.5 Å². The molecule has 2 aromatic rings. The van der Waals surface area contributed by atoms with Crippen LogP contribution in [-0.4, -0.2) is 29.2 Å². The number of benzene rings is 2. The quantitative estimate of drug-likeness (QED) is 0.840. The monoisotopic (exact) mass is 344 g/mol. The summed E-state index contributed by atoms with van der Waals surface area (Å²) in [6.45, 7) is 4.57. The minimum absolute atomic E-state index is 0.115. The van der Waals surface area contributed by atoms with Crippen LogP contribution in [0.15, 0.2) is 48.5 Å². The molecule has 1 heterocycles. The van der Waals surface area contributed by atoms with Crippen molar-refractivity contribution in [2.45, 2.75) is 38.6 Å². The Balaban J connectivity index is 1.55. The minimum Gasteiger partial charge on any atom is -0.393 e. The third-order valence-corrected chi connectivity index (χ3v) is 4.84. The van der Waals surface area contributed by atoms with Gasteiger partial charge in [-0.1, -0.05) is 48.0 Å². The first-order valence-electron chi connectivity index (χ1n) is 8.63. The maximum absolute atomic E-state index is 9.65. The molecule has 24 heavy (non-hydrogen) atoms. The summed E-state index contributed by atoms with van der Waals surface area (Å²) in [7, 11) is 0. The van der Waals surface area contributed by atoms with Crippen LogP contribution in [0.4, 0.5) is 0 Å². The van der Waals surface area contributed by atoms with Crippen LogP contribution in [0, 0.1) is 0 Å². The van der Waals surface area contributed by atoms with E-state index in [0.29, 0.717) is 0 Å². The van der Waals surface area contributed by atoms with Gasteiger partial charge in [0, 0.05) is 37.7 Å². The molecule has 1 aliphatic rings. The predicted molar refractivity (Wildman–Crippen MR) is 99.0 cm³/mol. The fourth-order valence-corrected chi connectivity index (χ4v) is 3.40. The number of hydrogen-bond donors (Lipinski definition) is 2. The van der Waals surface area contributed by atoms with Crippen molar-refractivity contribution in [2.24, 2.45) is 0 Å². The lowest BCUT2D eigenvalue weighted by Gasteiger charge is -2.30. The van der Waals surface area contributed by atoms with E-state index >= 15 is 0 Å². The maximum atomic E-state index is 9.65. The highest BCUT2D eigenvalue weighted by atomic mass is 35.5. The molecule has 0 aliphatic carbocycles. The van der Waals surface area contributed by atoms with Gasteiger partial charge in [-0.05, 0) is 41.7 Å². The summed E-state index contributed by atoms with van der Waals surface area (Å²) in [5.41, 5.74) is 3.91. The van der Waals surface area contributed by atoms with Crippen LogP contribution in [0.5, 0.6) is 0 Å². The number of halogens is 1. The first-order chi connectivity index (χ1) is 11.7. The number of aliphatic hydroxyl groups excluding tert-OH is 1. The lowest BCUT2D eigenvalue weighted by molar-refractivity contribution is 0.0791. The first-order valence-corrected chi connectivity index (χ1v) is 9.01. The number of hydrogen-bond acceptors (Lipinski definition) is 3. The second kappa shape index (κ2) is 8.63. The van der Waals surface area contributed by atoms with Gasteiger partial charge in [0.15, 0.2) is 0 Å². The van der Waals surface area contributed by atoms with E-state index in [1.807, 2.05) is 18.2 Å². The Morgan fingerprint density at radius 1 is 1.00 bits per heavy atom. The molecule has 0 atom stereocenters. The van der Waals surface area contributed by atoms with E-state index in [9.17, 15) is 5.11 Å². The Morgan fingerprint density at radius 3 is 2.50 bits per heavy atom. The standard InChI is InChI=1S/C20H25ClN2O/c21-19-7-3-4-16(12-19)13-22-14-17-5-1-2-6-18(17)15-23-10-8-20(24)9-11-23/h1-7,12,20,22,24H,8-11,13-15H2. The Labute approximate surface area is 149 Å². The van der Waals surface area contributed by atoms with E-state index in [-0.39, 0.29) is 6.10 Å². The molecule has 3 nitrogen and oxygen atoms in total. The molecule has 128 valence electrons. The van der Waals surface area contributed by atoms with Gasteiger partial charge in [0.05, 0.1) is 6.10 Å². The normalized spacial score (nSPS) is 16.4. The highest BCUT2D eigenvalue weighted by Gasteiger charge is 2.17. The van der Waals surface area contributed by atoms with E-state index in [1.165, 1.54) is 16.7 Å². The SMILES string of the molecule is OC1CCN(Cc2ccccc2CNCc2cccc(Cl)c2)CC1. The van der Waals surface area contributed by atoms with Gasteiger partial charge in [0.1, 0.15) is 0 Å². The summed E-state index contributed by atoms with van der Waals surface area (Å²) >= 11 is 6.03. The summed E-state index contributed by atoms with van der Waals surface area (Å²) < 4.78 is 0. The van der Waals surface area contributed by atoms with E-state index in [0.717, 1.165) is 50.6 Å². The Bertz CT molecular complexity index is 654. The maximum Gasteiger partial charge on any atom is 0.0564 e. The lowest BCUT2D eigenvalue weighted by atomic mass is 10.0. The average molecular weight is 345 g/mol. The third kappa shape index (κ3) is 5.05. The largest absolute Gasteiger partial charge is 0.393 e. The van der Waals surface area contributed by atoms with E-state index < -0.39 is 0 Å². The highest BCUT2D eigenvalue weighted by molar-refractivity contribution is 6.30. The Hall–Kier alpha value is -1.39. The van der Waals surface area contributed by atoms with Crippen molar-refractivity contribution in [3.05, 3.63) is 70.2 Å². The van der Waals surface area contributed by atoms with Crippen LogP contribution in [0.3, 0.4) is 0 Å². The number of piperidine rings is 1. The highest BCUT2D eigenvalue weighted by Crippen LogP contribution is 2.17. The Morgan fingerprint density at radius 2 is 1.75 bits per heavy atom. The zero-order valence-electron chi connectivity index (χ0n) is 13.9. The third-order valence-electron chi connectivity index (χ3n) is 4.60. The molecule has 0 bridgehead atoms. The first kappa shape index (κ1) is 17.4. The van der Waals surface area contributed by atoms with E-state index in [2.05, 4.69) is 40.5 Å². The van der Waals surface area contributed by atoms with Gasteiger partial charge in [-0.25, -0.2) is 0 Å². The lowest BCUT2D eigenvalue weighted by Crippen LogP contribution is -2.35. The number of aliphatic hydroxyl groups is 1. The van der Waals surface area contributed by atoms with Crippen molar-refractivity contribution in [2.75, 3.05) is 13.1 Å². The fraction of sp³-hybridized carbons (Fsp3) is 0.400. The van der Waals surface area contributed by atoms with Crippen LogP contribution in [0.2, 0.25) is 5.02 Å². The summed E-state index contributed by atoms with van der Waals surface area (Å²) in [6.07, 6.45) is 1.65. The molecule has 1 fully saturated rings. The molecule has 1 aliphatic heterocycles. The van der Waals surface area contributed by atoms with Crippen LogP contribution < -0.4 is 5.32 Å². The predicted octanol–water partition coefficient (Wildman–Crippen LogP) is 3.59. The number of nitrogens with zero attached hydrogens (tertiary/aromatic N) is 1. The van der Waals surface area contributed by atoms with Crippen LogP contribution >= 0.6 is 11.6 Å². The van der Waals surface area contributed by atoms with Crippen molar-refractivity contribution >= 4 is 11.6 Å². The molecule has 2 N–H and O–H groups in total. The fourth-order valence-electron chi connectivity index (χ4n) is 3.19. The molecule has 0 spiro atoms. The van der Waals surface area contributed by atoms with Gasteiger partial charge >= 0.3 is 0 Å². The zero-order chi connectivity index (χ0) is 16.8. The number of nitrogens with one attached hydrogen (secondary N) is 1. The molecule has 2 aromatic carbocycles. The van der Waals surface area contributed by atoms with Crippen LogP contribution in [0.25, 0.3) is 0 Å². The zero-order valence-corrected chi connectivity index (χ0v) is 14.7. The van der Waals surface area contributed by atoms with Gasteiger partial charge in [-0.15, -0.1) is 0 Å². The van der Waals surface area contributed by atoms with Crippen molar-refractivity contribution < 1.29 is 5.11 Å². The minimum atomic E-state index is -0.115. The average Bonchev–Trinajstić information content (AvgIpc) is 2.58. The number of rotatable bonds is 6. The van der Waals surface area contributed by atoms with Gasteiger partial charge in [-0.2, -0.15) is 0 Å². The molecular formula is C20H25ClN2O. The van der Waals surface area contributed by atoms with Crippen molar-refractivity contribution in [1.29, 1.82) is 0 Å². The van der Waals surface area contributed by atoms with Gasteiger partial charge < -0.3 is 10.4 Å². The molecule has 0 unspecified atom stereocenters. The molecule has 0 saturated carbocycles.